The summed E-state index contributed by atoms with van der Waals surface area (Å²) in [5.41, 5.74) is 1.56. The number of aromatic nitrogens is 3. The third-order valence-corrected chi connectivity index (χ3v) is 8.62. The molecule has 3 aromatic carbocycles. The maximum absolute atomic E-state index is 15.1. The minimum absolute atomic E-state index is 0.00217. The average molecular weight is 606 g/mol. The van der Waals surface area contributed by atoms with E-state index in [9.17, 15) is 13.6 Å². The Balaban J connectivity index is 1.20. The van der Waals surface area contributed by atoms with Crippen molar-refractivity contribution in [3.63, 3.8) is 0 Å². The fourth-order valence-corrected chi connectivity index (χ4v) is 6.11. The molecule has 226 valence electrons. The van der Waals surface area contributed by atoms with Gasteiger partial charge in [0, 0.05) is 34.7 Å². The predicted molar refractivity (Wildman–Crippen MR) is 153 cm³/mol. The molecule has 0 amide bonds. The van der Waals surface area contributed by atoms with Gasteiger partial charge in [-0.15, -0.1) is 0 Å². The first kappa shape index (κ1) is 28.0. The number of carbonyl (C=O) groups excluding carboxylic acids is 1. The van der Waals surface area contributed by atoms with Crippen molar-refractivity contribution in [2.45, 2.75) is 38.0 Å². The molecule has 2 N–H and O–H groups in total. The summed E-state index contributed by atoms with van der Waals surface area (Å²) in [4.78, 5) is 22.5. The molecule has 1 saturated carbocycles. The molecule has 3 atom stereocenters. The lowest BCUT2D eigenvalue weighted by Crippen LogP contribution is -2.32. The molecule has 0 spiro atoms. The van der Waals surface area contributed by atoms with Gasteiger partial charge in [-0.25, -0.2) is 18.2 Å². The molecule has 0 radical (unpaired) electrons. The number of hydrogen-bond acceptors (Lipinski definition) is 5. The summed E-state index contributed by atoms with van der Waals surface area (Å²) in [5, 5.41) is -0.178. The summed E-state index contributed by atoms with van der Waals surface area (Å²) in [6, 6.07) is 10.7. The Morgan fingerprint density at radius 1 is 1.09 bits per heavy atom. The third-order valence-electron chi connectivity index (χ3n) is 8.62. The zero-order valence-electron chi connectivity index (χ0n) is 23.8. The monoisotopic (exact) mass is 605 g/mol. The molecule has 44 heavy (non-hydrogen) atoms. The van der Waals surface area contributed by atoms with Crippen LogP contribution in [0.25, 0.3) is 22.3 Å². The molecule has 7 rings (SSSR count). The summed E-state index contributed by atoms with van der Waals surface area (Å²) in [6.45, 7) is 4.56. The minimum atomic E-state index is -1.51. The van der Waals surface area contributed by atoms with Crippen molar-refractivity contribution >= 4 is 16.9 Å². The molecule has 5 aromatic rings. The molecule has 2 aromatic heterocycles. The zero-order valence-corrected chi connectivity index (χ0v) is 23.8. The first-order valence-corrected chi connectivity index (χ1v) is 14.3. The van der Waals surface area contributed by atoms with Crippen molar-refractivity contribution in [2.75, 3.05) is 13.2 Å². The Labute approximate surface area is 249 Å². The second-order valence-electron chi connectivity index (χ2n) is 11.3. The van der Waals surface area contributed by atoms with E-state index in [4.69, 9.17) is 19.2 Å². The van der Waals surface area contributed by atoms with E-state index in [1.165, 1.54) is 24.4 Å². The van der Waals surface area contributed by atoms with Crippen molar-refractivity contribution in [3.05, 3.63) is 94.9 Å². The van der Waals surface area contributed by atoms with Crippen LogP contribution in [0.15, 0.2) is 54.9 Å². The van der Waals surface area contributed by atoms with E-state index < -0.39 is 34.4 Å². The smallest absolute Gasteiger partial charge is 0.309 e. The molecule has 7 nitrogen and oxygen atoms in total. The molecular weight excluding hydrogens is 578 g/mol. The normalized spacial score (nSPS) is 20.7. The van der Waals surface area contributed by atoms with Gasteiger partial charge in [0.1, 0.15) is 23.1 Å². The number of imidazole rings is 1. The number of fused-ring (bicyclic) bond motifs is 2. The fraction of sp³-hybridized carbons (Fsp3) is 0.273. The number of halogens is 4. The molecule has 1 aliphatic heterocycles. The van der Waals surface area contributed by atoms with Crippen molar-refractivity contribution in [1.29, 1.82) is 0 Å². The highest BCUT2D eigenvalue weighted by atomic mass is 19.2. The second-order valence-corrected chi connectivity index (χ2v) is 11.3. The van der Waals surface area contributed by atoms with E-state index in [-0.39, 0.29) is 45.8 Å². The Morgan fingerprint density at radius 2 is 1.93 bits per heavy atom. The van der Waals surface area contributed by atoms with Crippen LogP contribution in [0.5, 0.6) is 17.2 Å². The average Bonchev–Trinajstić information content (AvgIpc) is 3.39. The van der Waals surface area contributed by atoms with E-state index in [0.29, 0.717) is 31.7 Å². The number of nitrogens with one attached hydrogen (secondary N) is 2. The van der Waals surface area contributed by atoms with E-state index in [0.717, 1.165) is 22.9 Å². The van der Waals surface area contributed by atoms with Gasteiger partial charge in [0.05, 0.1) is 35.9 Å². The van der Waals surface area contributed by atoms with Crippen molar-refractivity contribution in [1.82, 2.24) is 15.0 Å². The summed E-state index contributed by atoms with van der Waals surface area (Å²) >= 11 is 0. The van der Waals surface area contributed by atoms with Crippen LogP contribution in [0.4, 0.5) is 17.6 Å². The van der Waals surface area contributed by atoms with Crippen LogP contribution < -0.4 is 9.47 Å². The maximum atomic E-state index is 15.1. The van der Waals surface area contributed by atoms with E-state index >= 15 is 8.78 Å². The molecule has 11 heteroatoms. The number of para-hydroxylation sites is 1. The van der Waals surface area contributed by atoms with Crippen molar-refractivity contribution in [3.8, 4) is 28.6 Å². The summed E-state index contributed by atoms with van der Waals surface area (Å²) in [7, 11) is 0. The SMILES string of the molecule is CCOC(=O)[C@H]1C[C@@H]1c1cccc2c1OCC[C@@]2(C)c1c[nH]c(-c2cc(Oc3c(F)c(F)c4[nH]ccc4c3F)ccc2F)n1. The first-order chi connectivity index (χ1) is 21.2. The van der Waals surface area contributed by atoms with Crippen LogP contribution in [0.3, 0.4) is 0 Å². The summed E-state index contributed by atoms with van der Waals surface area (Å²) < 4.78 is 76.1. The second kappa shape index (κ2) is 10.4. The first-order valence-electron chi connectivity index (χ1n) is 14.3. The number of nitrogens with zero attached hydrogens (tertiary/aromatic N) is 1. The van der Waals surface area contributed by atoms with Gasteiger partial charge in [-0.3, -0.25) is 4.79 Å². The molecule has 1 aliphatic carbocycles. The number of hydrogen-bond donors (Lipinski definition) is 2. The number of carbonyl (C=O) groups is 1. The highest BCUT2D eigenvalue weighted by molar-refractivity contribution is 5.83. The van der Waals surface area contributed by atoms with Gasteiger partial charge < -0.3 is 24.2 Å². The van der Waals surface area contributed by atoms with Gasteiger partial charge in [0.15, 0.2) is 11.6 Å². The van der Waals surface area contributed by atoms with Gasteiger partial charge in [-0.05, 0) is 56.5 Å². The lowest BCUT2D eigenvalue weighted by molar-refractivity contribution is -0.144. The Kier molecular flexibility index (Phi) is 6.64. The Morgan fingerprint density at radius 3 is 2.75 bits per heavy atom. The number of esters is 1. The van der Waals surface area contributed by atoms with Crippen LogP contribution in [-0.4, -0.2) is 34.1 Å². The molecule has 3 heterocycles. The van der Waals surface area contributed by atoms with Crippen LogP contribution in [-0.2, 0) is 14.9 Å². The maximum Gasteiger partial charge on any atom is 0.309 e. The standard InChI is InChI=1S/C33H27F4N3O4/c1-3-42-32(41)20-14-19(20)17-5-4-6-22-29(17)43-12-10-33(22,2)24-15-39-31(40-24)21-13-16(7-8-23(21)34)44-30-25(35)18-9-11-38-28(18)26(36)27(30)37/h4-9,11,13,15,19-20,38H,3,10,12,14H2,1-2H3,(H,39,40)/t19-,20+,33-/m1/s1. The lowest BCUT2D eigenvalue weighted by Gasteiger charge is -2.35. The number of ether oxygens (including phenoxy) is 3. The minimum Gasteiger partial charge on any atom is -0.493 e. The molecule has 2 aliphatic rings. The van der Waals surface area contributed by atoms with Gasteiger partial charge in [0.2, 0.25) is 11.6 Å². The largest absolute Gasteiger partial charge is 0.493 e. The molecule has 0 saturated heterocycles. The fourth-order valence-electron chi connectivity index (χ4n) is 6.11. The topological polar surface area (TPSA) is 89.2 Å². The Bertz CT molecular complexity index is 1940. The van der Waals surface area contributed by atoms with Crippen molar-refractivity contribution < 1.29 is 36.6 Å². The van der Waals surface area contributed by atoms with Gasteiger partial charge in [-0.2, -0.15) is 4.39 Å². The number of aromatic amines is 2. The molecular formula is C33H27F4N3O4. The van der Waals surface area contributed by atoms with E-state index in [1.807, 2.05) is 25.1 Å². The molecule has 0 unspecified atom stereocenters. The number of benzene rings is 3. The number of H-pyrrole nitrogens is 2. The van der Waals surface area contributed by atoms with Crippen LogP contribution in [0.2, 0.25) is 0 Å². The van der Waals surface area contributed by atoms with Crippen LogP contribution in [0.1, 0.15) is 49.4 Å². The summed E-state index contributed by atoms with van der Waals surface area (Å²) in [6.07, 6.45) is 4.27. The van der Waals surface area contributed by atoms with Crippen LogP contribution in [0, 0.1) is 29.2 Å². The van der Waals surface area contributed by atoms with Gasteiger partial charge in [-0.1, -0.05) is 18.2 Å². The molecule has 1 fully saturated rings. The number of rotatable bonds is 7. The quantitative estimate of drug-likeness (QED) is 0.113. The van der Waals surface area contributed by atoms with Gasteiger partial charge >= 0.3 is 5.97 Å². The highest BCUT2D eigenvalue weighted by Crippen LogP contribution is 2.54. The lowest BCUT2D eigenvalue weighted by atomic mass is 9.74. The summed E-state index contributed by atoms with van der Waals surface area (Å²) in [5.74, 6) is -5.07. The highest BCUT2D eigenvalue weighted by Gasteiger charge is 2.48. The van der Waals surface area contributed by atoms with E-state index in [2.05, 4.69) is 9.97 Å². The Hall–Kier alpha value is -4.80. The molecule has 0 bridgehead atoms. The zero-order chi connectivity index (χ0) is 30.7. The van der Waals surface area contributed by atoms with Gasteiger partial charge in [0.25, 0.3) is 0 Å². The van der Waals surface area contributed by atoms with Crippen molar-refractivity contribution in [2.24, 2.45) is 5.92 Å². The predicted octanol–water partition coefficient (Wildman–Crippen LogP) is 7.66. The van der Waals surface area contributed by atoms with E-state index in [1.54, 1.807) is 13.1 Å². The third kappa shape index (κ3) is 4.40. The van der Waals surface area contributed by atoms with Crippen LogP contribution >= 0.6 is 0 Å².